The molecule has 3 heteroatoms. The zero-order valence-corrected chi connectivity index (χ0v) is 9.39. The highest BCUT2D eigenvalue weighted by molar-refractivity contribution is 7.99. The van der Waals surface area contributed by atoms with Gasteiger partial charge in [-0.3, -0.25) is 0 Å². The maximum atomic E-state index is 8.68. The summed E-state index contributed by atoms with van der Waals surface area (Å²) in [5.74, 6) is 2.52. The van der Waals surface area contributed by atoms with E-state index >= 15 is 0 Å². The summed E-state index contributed by atoms with van der Waals surface area (Å²) >= 11 is 2.03. The summed E-state index contributed by atoms with van der Waals surface area (Å²) in [6.45, 7) is 0. The quantitative estimate of drug-likeness (QED) is 0.829. The third-order valence-corrected chi connectivity index (χ3v) is 3.65. The van der Waals surface area contributed by atoms with Crippen molar-refractivity contribution in [3.63, 3.8) is 0 Å². The molecule has 1 aromatic rings. The van der Waals surface area contributed by atoms with Gasteiger partial charge in [0.05, 0.1) is 11.6 Å². The minimum absolute atomic E-state index is 0.610. The van der Waals surface area contributed by atoms with Gasteiger partial charge in [0.15, 0.2) is 0 Å². The van der Waals surface area contributed by atoms with E-state index in [1.165, 1.54) is 24.3 Å². The Morgan fingerprint density at radius 1 is 1.20 bits per heavy atom. The normalized spacial score (nSPS) is 17.0. The topological polar surface area (TPSA) is 35.8 Å². The Balaban J connectivity index is 1.95. The van der Waals surface area contributed by atoms with Gasteiger partial charge in [-0.05, 0) is 48.6 Å². The number of hydrogen-bond acceptors (Lipinski definition) is 3. The summed E-state index contributed by atoms with van der Waals surface area (Å²) < 4.78 is 0. The number of benzene rings is 1. The maximum Gasteiger partial charge on any atom is 0.0991 e. The molecule has 0 bridgehead atoms. The third-order valence-electron chi connectivity index (χ3n) is 2.61. The largest absolute Gasteiger partial charge is 0.382 e. The number of nitrogens with zero attached hydrogens (tertiary/aromatic N) is 1. The van der Waals surface area contributed by atoms with Crippen LogP contribution in [0.1, 0.15) is 18.4 Å². The van der Waals surface area contributed by atoms with Crippen molar-refractivity contribution in [1.82, 2.24) is 0 Å². The van der Waals surface area contributed by atoms with Crippen molar-refractivity contribution in [3.8, 4) is 6.07 Å². The molecule has 15 heavy (non-hydrogen) atoms. The highest BCUT2D eigenvalue weighted by atomic mass is 32.2. The Morgan fingerprint density at radius 2 is 1.87 bits per heavy atom. The van der Waals surface area contributed by atoms with E-state index in [9.17, 15) is 0 Å². The van der Waals surface area contributed by atoms with Gasteiger partial charge in [-0.1, -0.05) is 0 Å². The van der Waals surface area contributed by atoms with Crippen molar-refractivity contribution in [3.05, 3.63) is 29.8 Å². The van der Waals surface area contributed by atoms with Crippen LogP contribution in [0.25, 0.3) is 0 Å². The van der Waals surface area contributed by atoms with Gasteiger partial charge in [0, 0.05) is 11.7 Å². The first-order chi connectivity index (χ1) is 7.38. The molecule has 1 N–H and O–H groups in total. The lowest BCUT2D eigenvalue weighted by molar-refractivity contribution is 0.667. The molecule has 0 atom stereocenters. The van der Waals surface area contributed by atoms with Gasteiger partial charge >= 0.3 is 0 Å². The van der Waals surface area contributed by atoms with Crippen LogP contribution < -0.4 is 5.32 Å². The Morgan fingerprint density at radius 3 is 2.47 bits per heavy atom. The third kappa shape index (κ3) is 2.90. The molecule has 0 unspecified atom stereocenters. The van der Waals surface area contributed by atoms with Gasteiger partial charge < -0.3 is 5.32 Å². The highest BCUT2D eigenvalue weighted by Crippen LogP contribution is 2.20. The van der Waals surface area contributed by atoms with Crippen molar-refractivity contribution in [2.45, 2.75) is 18.9 Å². The van der Waals surface area contributed by atoms with E-state index in [2.05, 4.69) is 11.4 Å². The molecule has 0 radical (unpaired) electrons. The lowest BCUT2D eigenvalue weighted by Gasteiger charge is -2.23. The zero-order valence-electron chi connectivity index (χ0n) is 8.57. The van der Waals surface area contributed by atoms with Crippen LogP contribution in [-0.2, 0) is 0 Å². The summed E-state index contributed by atoms with van der Waals surface area (Å²) in [4.78, 5) is 0. The number of nitriles is 1. The van der Waals surface area contributed by atoms with Gasteiger partial charge in [0.1, 0.15) is 0 Å². The highest BCUT2D eigenvalue weighted by Gasteiger charge is 2.12. The van der Waals surface area contributed by atoms with Crippen LogP contribution in [-0.4, -0.2) is 17.5 Å². The molecule has 2 rings (SSSR count). The molecule has 1 saturated heterocycles. The van der Waals surface area contributed by atoms with Gasteiger partial charge in [-0.15, -0.1) is 0 Å². The number of nitrogens with one attached hydrogen (secondary N) is 1. The van der Waals surface area contributed by atoms with Crippen LogP contribution in [0.2, 0.25) is 0 Å². The second kappa shape index (κ2) is 5.09. The predicted octanol–water partition coefficient (Wildman–Crippen LogP) is 2.87. The van der Waals surface area contributed by atoms with Crippen molar-refractivity contribution >= 4 is 17.4 Å². The Labute approximate surface area is 94.7 Å². The second-order valence-electron chi connectivity index (χ2n) is 3.72. The zero-order chi connectivity index (χ0) is 10.5. The van der Waals surface area contributed by atoms with E-state index in [0.717, 1.165) is 11.3 Å². The summed E-state index contributed by atoms with van der Waals surface area (Å²) in [6, 6.07) is 10.4. The monoisotopic (exact) mass is 218 g/mol. The summed E-state index contributed by atoms with van der Waals surface area (Å²) in [5, 5.41) is 12.2. The van der Waals surface area contributed by atoms with Crippen LogP contribution in [0.5, 0.6) is 0 Å². The number of thioether (sulfide) groups is 1. The van der Waals surface area contributed by atoms with Crippen LogP contribution in [0.3, 0.4) is 0 Å². The molecule has 0 aromatic heterocycles. The molecule has 1 heterocycles. The predicted molar refractivity (Wildman–Crippen MR) is 65.1 cm³/mol. The van der Waals surface area contributed by atoms with Crippen LogP contribution in [0.4, 0.5) is 5.69 Å². The lowest BCUT2D eigenvalue weighted by Crippen LogP contribution is -2.24. The van der Waals surface area contributed by atoms with E-state index in [-0.39, 0.29) is 0 Å². The first-order valence-corrected chi connectivity index (χ1v) is 6.38. The van der Waals surface area contributed by atoms with Crippen LogP contribution in [0.15, 0.2) is 24.3 Å². The average molecular weight is 218 g/mol. The van der Waals surface area contributed by atoms with Crippen molar-refractivity contribution < 1.29 is 0 Å². The van der Waals surface area contributed by atoms with E-state index in [1.54, 1.807) is 0 Å². The van der Waals surface area contributed by atoms with Crippen molar-refractivity contribution in [2.75, 3.05) is 16.8 Å². The summed E-state index contributed by atoms with van der Waals surface area (Å²) in [5.41, 5.74) is 1.85. The fourth-order valence-corrected chi connectivity index (χ4v) is 2.83. The first kappa shape index (κ1) is 10.4. The van der Waals surface area contributed by atoms with E-state index in [1.807, 2.05) is 36.0 Å². The molecule has 1 aliphatic rings. The summed E-state index contributed by atoms with van der Waals surface area (Å²) in [6.07, 6.45) is 2.48. The van der Waals surface area contributed by atoms with Crippen LogP contribution >= 0.6 is 11.8 Å². The fraction of sp³-hybridized carbons (Fsp3) is 0.417. The minimum Gasteiger partial charge on any atom is -0.382 e. The first-order valence-electron chi connectivity index (χ1n) is 5.23. The number of hydrogen-bond donors (Lipinski definition) is 1. The summed E-state index contributed by atoms with van der Waals surface area (Å²) in [7, 11) is 0. The molecule has 2 nitrogen and oxygen atoms in total. The Kier molecular flexibility index (Phi) is 3.52. The molecular weight excluding hydrogens is 204 g/mol. The molecule has 1 aromatic carbocycles. The molecule has 1 fully saturated rings. The molecule has 1 aliphatic heterocycles. The number of rotatable bonds is 2. The minimum atomic E-state index is 0.610. The molecular formula is C12H14N2S. The maximum absolute atomic E-state index is 8.68. The molecule has 0 amide bonds. The molecule has 0 saturated carbocycles. The van der Waals surface area contributed by atoms with E-state index in [0.29, 0.717) is 6.04 Å². The molecule has 0 aliphatic carbocycles. The van der Waals surface area contributed by atoms with Gasteiger partial charge in [-0.25, -0.2) is 0 Å². The number of anilines is 1. The molecule has 78 valence electrons. The standard InChI is InChI=1S/C12H14N2S/c13-9-10-1-3-11(4-2-10)14-12-5-7-15-8-6-12/h1-4,12,14H,5-8H2. The molecule has 0 spiro atoms. The van der Waals surface area contributed by atoms with E-state index < -0.39 is 0 Å². The van der Waals surface area contributed by atoms with Crippen molar-refractivity contribution in [1.29, 1.82) is 5.26 Å². The van der Waals surface area contributed by atoms with E-state index in [4.69, 9.17) is 5.26 Å². The smallest absolute Gasteiger partial charge is 0.0991 e. The van der Waals surface area contributed by atoms with Crippen LogP contribution in [0, 0.1) is 11.3 Å². The van der Waals surface area contributed by atoms with Gasteiger partial charge in [0.25, 0.3) is 0 Å². The SMILES string of the molecule is N#Cc1ccc(NC2CCSCC2)cc1. The second-order valence-corrected chi connectivity index (χ2v) is 4.94. The Bertz CT molecular complexity index is 347. The average Bonchev–Trinajstić information content (AvgIpc) is 2.31. The van der Waals surface area contributed by atoms with Crippen molar-refractivity contribution in [2.24, 2.45) is 0 Å². The Hall–Kier alpha value is -1.14. The van der Waals surface area contributed by atoms with Gasteiger partial charge in [-0.2, -0.15) is 17.0 Å². The fourth-order valence-electron chi connectivity index (χ4n) is 1.72. The van der Waals surface area contributed by atoms with Gasteiger partial charge in [0.2, 0.25) is 0 Å². The lowest BCUT2D eigenvalue weighted by atomic mass is 10.1.